The number of hydrogen-bond acceptors (Lipinski definition) is 2. The Morgan fingerprint density at radius 1 is 1.73 bits per heavy atom. The molecule has 0 radical (unpaired) electrons. The van der Waals surface area contributed by atoms with Gasteiger partial charge in [-0.3, -0.25) is 9.59 Å². The molecule has 0 aromatic carbocycles. The van der Waals surface area contributed by atoms with Gasteiger partial charge in [-0.25, -0.2) is 0 Å². The van der Waals surface area contributed by atoms with Crippen molar-refractivity contribution in [1.82, 2.24) is 5.32 Å². The lowest BCUT2D eigenvalue weighted by atomic mass is 9.95. The van der Waals surface area contributed by atoms with Crippen molar-refractivity contribution in [1.29, 1.82) is 0 Å². The topological polar surface area (TPSA) is 46.2 Å². The summed E-state index contributed by atoms with van der Waals surface area (Å²) in [6.07, 6.45) is 1.03. The molecule has 1 N–H and O–H groups in total. The summed E-state index contributed by atoms with van der Waals surface area (Å²) in [5.41, 5.74) is 0. The van der Waals surface area contributed by atoms with Gasteiger partial charge in [0.2, 0.25) is 5.91 Å². The van der Waals surface area contributed by atoms with E-state index in [2.05, 4.69) is 5.32 Å². The third-order valence-electron chi connectivity index (χ3n) is 1.89. The average molecular weight is 155 g/mol. The molecule has 1 unspecified atom stereocenters. The lowest BCUT2D eigenvalue weighted by molar-refractivity contribution is -0.130. The van der Waals surface area contributed by atoms with E-state index in [4.69, 9.17) is 0 Å². The van der Waals surface area contributed by atoms with Crippen LogP contribution < -0.4 is 5.32 Å². The summed E-state index contributed by atoms with van der Waals surface area (Å²) < 4.78 is 0. The Bertz CT molecular complexity index is 179. The molecule has 62 valence electrons. The van der Waals surface area contributed by atoms with Crippen molar-refractivity contribution in [2.75, 3.05) is 0 Å². The molecular formula is C8H13NO2. The first-order valence-corrected chi connectivity index (χ1v) is 3.91. The number of β-lactam (4-membered cyclic amide) rings is 1. The Balaban J connectivity index is 2.22. The minimum Gasteiger partial charge on any atom is -0.352 e. The minimum absolute atomic E-state index is 0.0616. The van der Waals surface area contributed by atoms with E-state index in [1.54, 1.807) is 0 Å². The number of rotatable bonds is 3. The molecule has 1 fully saturated rings. The van der Waals surface area contributed by atoms with Crippen molar-refractivity contribution >= 4 is 11.7 Å². The predicted octanol–water partition coefficient (Wildman–Crippen LogP) is 0.490. The maximum Gasteiger partial charge on any atom is 0.222 e. The molecule has 11 heavy (non-hydrogen) atoms. The van der Waals surface area contributed by atoms with Crippen molar-refractivity contribution in [2.45, 2.75) is 32.7 Å². The molecule has 0 aromatic rings. The molecule has 0 aliphatic carbocycles. The van der Waals surface area contributed by atoms with Gasteiger partial charge in [0.1, 0.15) is 5.78 Å². The standard InChI is InChI=1S/C8H13NO2/c1-5(2)7(10)3-6-4-8(11)9-6/h5-6H,3-4H2,1-2H3,(H,9,11). The van der Waals surface area contributed by atoms with Crippen LogP contribution in [0.2, 0.25) is 0 Å². The highest BCUT2D eigenvalue weighted by atomic mass is 16.2. The zero-order chi connectivity index (χ0) is 8.43. The Labute approximate surface area is 66.2 Å². The predicted molar refractivity (Wildman–Crippen MR) is 41.0 cm³/mol. The van der Waals surface area contributed by atoms with E-state index in [0.29, 0.717) is 12.8 Å². The number of Topliss-reactive ketones (excluding diaryl/α,β-unsaturated/α-hetero) is 1. The van der Waals surface area contributed by atoms with Crippen molar-refractivity contribution in [2.24, 2.45) is 5.92 Å². The fourth-order valence-corrected chi connectivity index (χ4v) is 1.03. The van der Waals surface area contributed by atoms with E-state index in [9.17, 15) is 9.59 Å². The lowest BCUT2D eigenvalue weighted by Crippen LogP contribution is -2.49. The van der Waals surface area contributed by atoms with Crippen LogP contribution in [0.3, 0.4) is 0 Å². The van der Waals surface area contributed by atoms with Gasteiger partial charge in [0, 0.05) is 24.8 Å². The van der Waals surface area contributed by atoms with Crippen molar-refractivity contribution in [3.8, 4) is 0 Å². The van der Waals surface area contributed by atoms with Gasteiger partial charge in [-0.1, -0.05) is 13.8 Å². The summed E-state index contributed by atoms with van der Waals surface area (Å²) >= 11 is 0. The van der Waals surface area contributed by atoms with E-state index in [0.717, 1.165) is 0 Å². The molecule has 0 bridgehead atoms. The number of nitrogens with one attached hydrogen (secondary N) is 1. The van der Waals surface area contributed by atoms with E-state index < -0.39 is 0 Å². The van der Waals surface area contributed by atoms with Gasteiger partial charge < -0.3 is 5.32 Å². The molecule has 1 saturated heterocycles. The number of carbonyl (C=O) groups excluding carboxylic acids is 2. The van der Waals surface area contributed by atoms with E-state index in [1.165, 1.54) is 0 Å². The highest BCUT2D eigenvalue weighted by molar-refractivity contribution is 5.87. The van der Waals surface area contributed by atoms with Crippen LogP contribution in [0, 0.1) is 5.92 Å². The number of hydrogen-bond donors (Lipinski definition) is 1. The molecule has 1 atom stereocenters. The summed E-state index contributed by atoms with van der Waals surface area (Å²) in [4.78, 5) is 21.5. The molecule has 1 heterocycles. The average Bonchev–Trinajstić information content (AvgIpc) is 1.84. The number of ketones is 1. The summed E-state index contributed by atoms with van der Waals surface area (Å²) in [5, 5.41) is 2.67. The quantitative estimate of drug-likeness (QED) is 0.603. The van der Waals surface area contributed by atoms with Crippen LogP contribution in [0.1, 0.15) is 26.7 Å². The van der Waals surface area contributed by atoms with Crippen LogP contribution in [0.4, 0.5) is 0 Å². The van der Waals surface area contributed by atoms with Crippen LogP contribution in [-0.4, -0.2) is 17.7 Å². The smallest absolute Gasteiger partial charge is 0.222 e. The third kappa shape index (κ3) is 2.03. The first kappa shape index (κ1) is 8.24. The van der Waals surface area contributed by atoms with Gasteiger partial charge in [0.05, 0.1) is 0 Å². The van der Waals surface area contributed by atoms with Crippen LogP contribution in [0.5, 0.6) is 0 Å². The highest BCUT2D eigenvalue weighted by Gasteiger charge is 2.27. The van der Waals surface area contributed by atoms with E-state index in [-0.39, 0.29) is 23.7 Å². The first-order chi connectivity index (χ1) is 5.09. The second-order valence-corrected chi connectivity index (χ2v) is 3.29. The van der Waals surface area contributed by atoms with Crippen LogP contribution in [0.25, 0.3) is 0 Å². The minimum atomic E-state index is 0.0616. The van der Waals surface area contributed by atoms with Crippen molar-refractivity contribution < 1.29 is 9.59 Å². The summed E-state index contributed by atoms with van der Waals surface area (Å²) in [5.74, 6) is 0.383. The van der Waals surface area contributed by atoms with Gasteiger partial charge >= 0.3 is 0 Å². The number of carbonyl (C=O) groups is 2. The molecule has 3 heteroatoms. The molecule has 1 rings (SSSR count). The molecule has 0 saturated carbocycles. The maximum absolute atomic E-state index is 11.1. The maximum atomic E-state index is 11.1. The van der Waals surface area contributed by atoms with Crippen LogP contribution in [0.15, 0.2) is 0 Å². The fraction of sp³-hybridized carbons (Fsp3) is 0.750. The van der Waals surface area contributed by atoms with Crippen molar-refractivity contribution in [3.63, 3.8) is 0 Å². The Hall–Kier alpha value is -0.860. The van der Waals surface area contributed by atoms with Gasteiger partial charge in [-0.15, -0.1) is 0 Å². The van der Waals surface area contributed by atoms with Gasteiger partial charge in [0.15, 0.2) is 0 Å². The van der Waals surface area contributed by atoms with Gasteiger partial charge in [0.25, 0.3) is 0 Å². The molecule has 1 amide bonds. The number of amides is 1. The molecular weight excluding hydrogens is 142 g/mol. The van der Waals surface area contributed by atoms with E-state index >= 15 is 0 Å². The second-order valence-electron chi connectivity index (χ2n) is 3.29. The second kappa shape index (κ2) is 3.03. The fourth-order valence-electron chi connectivity index (χ4n) is 1.03. The summed E-state index contributed by atoms with van der Waals surface area (Å²) in [6.45, 7) is 3.76. The molecule has 1 aliphatic heterocycles. The SMILES string of the molecule is CC(C)C(=O)CC1CC(=O)N1. The zero-order valence-electron chi connectivity index (χ0n) is 6.89. The van der Waals surface area contributed by atoms with Crippen molar-refractivity contribution in [3.05, 3.63) is 0 Å². The van der Waals surface area contributed by atoms with Gasteiger partial charge in [-0.05, 0) is 0 Å². The summed E-state index contributed by atoms with van der Waals surface area (Å²) in [6, 6.07) is 0.123. The zero-order valence-corrected chi connectivity index (χ0v) is 6.89. The highest BCUT2D eigenvalue weighted by Crippen LogP contribution is 2.11. The monoisotopic (exact) mass is 155 g/mol. The normalized spacial score (nSPS) is 22.8. The summed E-state index contributed by atoms with van der Waals surface area (Å²) in [7, 11) is 0. The van der Waals surface area contributed by atoms with Crippen LogP contribution >= 0.6 is 0 Å². The molecule has 3 nitrogen and oxygen atoms in total. The van der Waals surface area contributed by atoms with Gasteiger partial charge in [-0.2, -0.15) is 0 Å². The molecule has 0 aromatic heterocycles. The van der Waals surface area contributed by atoms with E-state index in [1.807, 2.05) is 13.8 Å². The van der Waals surface area contributed by atoms with Crippen LogP contribution in [-0.2, 0) is 9.59 Å². The Morgan fingerprint density at radius 2 is 2.27 bits per heavy atom. The Morgan fingerprint density at radius 3 is 2.64 bits per heavy atom. The third-order valence-corrected chi connectivity index (χ3v) is 1.89. The largest absolute Gasteiger partial charge is 0.352 e. The molecule has 1 aliphatic rings. The Kier molecular flexibility index (Phi) is 2.27. The lowest BCUT2D eigenvalue weighted by Gasteiger charge is -2.26. The molecule has 0 spiro atoms. The first-order valence-electron chi connectivity index (χ1n) is 3.91.